The second kappa shape index (κ2) is 8.79. The van der Waals surface area contributed by atoms with Gasteiger partial charge in [-0.05, 0) is 43.3 Å². The van der Waals surface area contributed by atoms with Gasteiger partial charge in [-0.15, -0.1) is 10.2 Å². The van der Waals surface area contributed by atoms with Crippen molar-refractivity contribution in [1.82, 2.24) is 19.7 Å². The molecule has 0 radical (unpaired) electrons. The van der Waals surface area contributed by atoms with Gasteiger partial charge in [-0.2, -0.15) is 0 Å². The Balaban J connectivity index is 1.67. The average molecular weight is 404 g/mol. The van der Waals surface area contributed by atoms with E-state index in [9.17, 15) is 4.79 Å². The molecule has 6 nitrogen and oxygen atoms in total. The summed E-state index contributed by atoms with van der Waals surface area (Å²) in [6.07, 6.45) is 1.74. The second-order valence-corrected chi connectivity index (χ2v) is 7.17. The molecule has 0 atom stereocenters. The zero-order valence-electron chi connectivity index (χ0n) is 15.9. The lowest BCUT2D eigenvalue weighted by molar-refractivity contribution is 0.101. The largest absolute Gasteiger partial charge is 0.494 e. The lowest BCUT2D eigenvalue weighted by Gasteiger charge is -2.11. The van der Waals surface area contributed by atoms with Crippen molar-refractivity contribution in [3.05, 3.63) is 78.6 Å². The summed E-state index contributed by atoms with van der Waals surface area (Å²) < 4.78 is 7.52. The molecule has 29 heavy (non-hydrogen) atoms. The van der Waals surface area contributed by atoms with E-state index in [1.165, 1.54) is 11.8 Å². The number of hydrogen-bond acceptors (Lipinski definition) is 5. The molecule has 2 aromatic heterocycles. The molecule has 4 aromatic rings. The monoisotopic (exact) mass is 404 g/mol. The van der Waals surface area contributed by atoms with Crippen LogP contribution in [0.4, 0.5) is 0 Å². The maximum atomic E-state index is 12.4. The van der Waals surface area contributed by atoms with E-state index in [4.69, 9.17) is 4.74 Å². The zero-order valence-corrected chi connectivity index (χ0v) is 16.7. The molecular formula is C22H20N4O2S. The summed E-state index contributed by atoms with van der Waals surface area (Å²) in [4.78, 5) is 15.3. The van der Waals surface area contributed by atoms with Crippen molar-refractivity contribution in [2.75, 3.05) is 12.4 Å². The molecular weight excluding hydrogens is 384 g/mol. The number of carbonyl (C=O) groups excluding carboxylic acids is 1. The quantitative estimate of drug-likeness (QED) is 0.342. The summed E-state index contributed by atoms with van der Waals surface area (Å²) in [5.41, 5.74) is 2.46. The molecule has 7 heteroatoms. The van der Waals surface area contributed by atoms with E-state index in [1.54, 1.807) is 12.3 Å². The number of aromatic nitrogens is 4. The molecule has 0 saturated heterocycles. The number of carbonyl (C=O) groups is 1. The molecule has 146 valence electrons. The molecule has 0 bridgehead atoms. The number of hydrogen-bond donors (Lipinski definition) is 1. The predicted octanol–water partition coefficient (Wildman–Crippen LogP) is 4.64. The summed E-state index contributed by atoms with van der Waals surface area (Å²) in [7, 11) is 0. The number of nitrogens with zero attached hydrogens (tertiary/aromatic N) is 3. The van der Waals surface area contributed by atoms with Gasteiger partial charge in [-0.3, -0.25) is 9.36 Å². The fourth-order valence-electron chi connectivity index (χ4n) is 2.94. The number of Topliss-reactive ketones (excluding diaryl/α,β-unsaturated/α-hetero) is 1. The van der Waals surface area contributed by atoms with Crippen LogP contribution in [-0.4, -0.2) is 37.9 Å². The van der Waals surface area contributed by atoms with Crippen LogP contribution in [-0.2, 0) is 0 Å². The van der Waals surface area contributed by atoms with Crippen molar-refractivity contribution >= 4 is 17.5 Å². The molecule has 0 aliphatic heterocycles. The summed E-state index contributed by atoms with van der Waals surface area (Å²) in [6.45, 7) is 2.57. The third kappa shape index (κ3) is 4.25. The van der Waals surface area contributed by atoms with Gasteiger partial charge in [-0.25, -0.2) is 0 Å². The Hall–Kier alpha value is -3.32. The first-order valence-corrected chi connectivity index (χ1v) is 10.3. The predicted molar refractivity (Wildman–Crippen MR) is 114 cm³/mol. The Morgan fingerprint density at radius 1 is 1.03 bits per heavy atom. The molecule has 1 N–H and O–H groups in total. The second-order valence-electron chi connectivity index (χ2n) is 6.23. The summed E-state index contributed by atoms with van der Waals surface area (Å²) in [5.74, 6) is 1.82. The third-order valence-corrected chi connectivity index (χ3v) is 5.23. The Kier molecular flexibility index (Phi) is 5.76. The van der Waals surface area contributed by atoms with E-state index in [1.807, 2.05) is 72.2 Å². The van der Waals surface area contributed by atoms with Gasteiger partial charge in [0.1, 0.15) is 5.75 Å². The highest BCUT2D eigenvalue weighted by Gasteiger charge is 2.18. The first kappa shape index (κ1) is 19.0. The number of rotatable bonds is 8. The highest BCUT2D eigenvalue weighted by Crippen LogP contribution is 2.29. The summed E-state index contributed by atoms with van der Waals surface area (Å²) in [5, 5.41) is 9.43. The standard InChI is InChI=1S/C22H20N4O2S/c1-2-28-18-12-10-17(11-13-18)26-21(16-7-4-3-5-8-16)24-25-22(26)29-15-20(27)19-9-6-14-23-19/h3-14,23H,2,15H2,1H3. The fourth-order valence-corrected chi connectivity index (χ4v) is 3.78. The normalized spacial score (nSPS) is 10.8. The maximum Gasteiger partial charge on any atom is 0.196 e. The van der Waals surface area contributed by atoms with Crippen LogP contribution in [0, 0.1) is 0 Å². The lowest BCUT2D eigenvalue weighted by atomic mass is 10.2. The molecule has 0 aliphatic rings. The van der Waals surface area contributed by atoms with Crippen LogP contribution >= 0.6 is 11.8 Å². The first-order valence-electron chi connectivity index (χ1n) is 9.29. The van der Waals surface area contributed by atoms with Gasteiger partial charge in [0.2, 0.25) is 0 Å². The number of aromatic amines is 1. The molecule has 2 heterocycles. The first-order chi connectivity index (χ1) is 14.3. The Labute approximate surface area is 172 Å². The number of thioether (sulfide) groups is 1. The minimum atomic E-state index is 0.0162. The molecule has 0 fully saturated rings. The lowest BCUT2D eigenvalue weighted by Crippen LogP contribution is -2.05. The van der Waals surface area contributed by atoms with Crippen LogP contribution in [0.5, 0.6) is 5.75 Å². The Bertz CT molecular complexity index is 1070. The highest BCUT2D eigenvalue weighted by molar-refractivity contribution is 7.99. The van der Waals surface area contributed by atoms with Crippen LogP contribution in [0.25, 0.3) is 17.1 Å². The highest BCUT2D eigenvalue weighted by atomic mass is 32.2. The van der Waals surface area contributed by atoms with Gasteiger partial charge in [0.25, 0.3) is 0 Å². The topological polar surface area (TPSA) is 72.8 Å². The molecule has 0 aliphatic carbocycles. The number of ketones is 1. The average Bonchev–Trinajstić information content (AvgIpc) is 3.44. The smallest absolute Gasteiger partial charge is 0.196 e. The number of ether oxygens (including phenoxy) is 1. The van der Waals surface area contributed by atoms with Gasteiger partial charge in [0.15, 0.2) is 16.8 Å². The van der Waals surface area contributed by atoms with Crippen LogP contribution < -0.4 is 4.74 Å². The maximum absolute atomic E-state index is 12.4. The van der Waals surface area contributed by atoms with Crippen molar-refractivity contribution < 1.29 is 9.53 Å². The fraction of sp³-hybridized carbons (Fsp3) is 0.136. The van der Waals surface area contributed by atoms with Crippen LogP contribution in [0.3, 0.4) is 0 Å². The Morgan fingerprint density at radius 2 is 1.83 bits per heavy atom. The molecule has 0 amide bonds. The van der Waals surface area contributed by atoms with Crippen molar-refractivity contribution in [1.29, 1.82) is 0 Å². The van der Waals surface area contributed by atoms with E-state index in [-0.39, 0.29) is 11.5 Å². The van der Waals surface area contributed by atoms with Crippen molar-refractivity contribution in [3.8, 4) is 22.8 Å². The van der Waals surface area contributed by atoms with E-state index in [2.05, 4.69) is 15.2 Å². The zero-order chi connectivity index (χ0) is 20.1. The molecule has 4 rings (SSSR count). The minimum absolute atomic E-state index is 0.0162. The van der Waals surface area contributed by atoms with Crippen LogP contribution in [0.1, 0.15) is 17.4 Å². The number of benzene rings is 2. The van der Waals surface area contributed by atoms with E-state index in [0.29, 0.717) is 17.5 Å². The third-order valence-electron chi connectivity index (χ3n) is 4.30. The molecule has 0 saturated carbocycles. The summed E-state index contributed by atoms with van der Waals surface area (Å²) >= 11 is 1.37. The number of H-pyrrole nitrogens is 1. The van der Waals surface area contributed by atoms with Crippen molar-refractivity contribution in [3.63, 3.8) is 0 Å². The van der Waals surface area contributed by atoms with Gasteiger partial charge < -0.3 is 9.72 Å². The SMILES string of the molecule is CCOc1ccc(-n2c(SCC(=O)c3ccc[nH]3)nnc2-c2ccccc2)cc1. The Morgan fingerprint density at radius 3 is 2.52 bits per heavy atom. The van der Waals surface area contributed by atoms with Crippen LogP contribution in [0.15, 0.2) is 78.1 Å². The van der Waals surface area contributed by atoms with E-state index in [0.717, 1.165) is 22.8 Å². The van der Waals surface area contributed by atoms with E-state index >= 15 is 0 Å². The van der Waals surface area contributed by atoms with Gasteiger partial charge in [0.05, 0.1) is 18.1 Å². The molecule has 0 spiro atoms. The van der Waals surface area contributed by atoms with Crippen molar-refractivity contribution in [2.24, 2.45) is 0 Å². The molecule has 0 unspecified atom stereocenters. The van der Waals surface area contributed by atoms with Crippen molar-refractivity contribution in [2.45, 2.75) is 12.1 Å². The van der Waals surface area contributed by atoms with Crippen LogP contribution in [0.2, 0.25) is 0 Å². The minimum Gasteiger partial charge on any atom is -0.494 e. The van der Waals surface area contributed by atoms with Gasteiger partial charge in [0, 0.05) is 17.4 Å². The summed E-state index contributed by atoms with van der Waals surface area (Å²) in [6, 6.07) is 21.3. The molecule has 2 aromatic carbocycles. The van der Waals surface area contributed by atoms with Gasteiger partial charge in [-0.1, -0.05) is 42.1 Å². The van der Waals surface area contributed by atoms with E-state index < -0.39 is 0 Å². The van der Waals surface area contributed by atoms with Gasteiger partial charge >= 0.3 is 0 Å². The number of nitrogens with one attached hydrogen (secondary N) is 1.